The highest BCUT2D eigenvalue weighted by Crippen LogP contribution is 2.26. The van der Waals surface area contributed by atoms with Gasteiger partial charge in [0, 0.05) is 33.0 Å². The lowest BCUT2D eigenvalue weighted by Crippen LogP contribution is -2.51. The molecule has 178 valence electrons. The molecule has 3 aromatic heterocycles. The Morgan fingerprint density at radius 2 is 2.12 bits per heavy atom. The van der Waals surface area contributed by atoms with Crippen molar-refractivity contribution in [3.63, 3.8) is 0 Å². The summed E-state index contributed by atoms with van der Waals surface area (Å²) in [5.41, 5.74) is 0.672. The highest BCUT2D eigenvalue weighted by molar-refractivity contribution is 6.00. The Hall–Kier alpha value is -3.73. The summed E-state index contributed by atoms with van der Waals surface area (Å²) in [7, 11) is 3.39. The van der Waals surface area contributed by atoms with Gasteiger partial charge in [0.05, 0.1) is 18.3 Å². The number of carbonyl (C=O) groups is 2. The average molecular weight is 466 g/mol. The molecule has 4 heterocycles. The number of aromatic nitrogens is 4. The first-order chi connectivity index (χ1) is 16.6. The van der Waals surface area contributed by atoms with Crippen molar-refractivity contribution in [1.29, 1.82) is 0 Å². The van der Waals surface area contributed by atoms with Gasteiger partial charge in [-0.3, -0.25) is 14.5 Å². The minimum absolute atomic E-state index is 0.0184. The van der Waals surface area contributed by atoms with Crippen molar-refractivity contribution in [2.45, 2.75) is 43.9 Å². The Morgan fingerprint density at radius 3 is 2.82 bits per heavy atom. The van der Waals surface area contributed by atoms with Crippen LogP contribution in [-0.4, -0.2) is 70.3 Å². The third-order valence-electron chi connectivity index (χ3n) is 6.36. The van der Waals surface area contributed by atoms with E-state index >= 15 is 0 Å². The van der Waals surface area contributed by atoms with Gasteiger partial charge in [0.1, 0.15) is 17.2 Å². The fourth-order valence-corrected chi connectivity index (χ4v) is 4.34. The molecular weight excluding hydrogens is 438 g/mol. The lowest BCUT2D eigenvalue weighted by molar-refractivity contribution is -0.127. The van der Waals surface area contributed by atoms with E-state index in [9.17, 15) is 9.59 Å². The summed E-state index contributed by atoms with van der Waals surface area (Å²) >= 11 is 0. The first kappa shape index (κ1) is 22.1. The lowest BCUT2D eigenvalue weighted by atomic mass is 9.89. The number of ether oxygens (including phenoxy) is 2. The van der Waals surface area contributed by atoms with Gasteiger partial charge in [0.15, 0.2) is 11.8 Å². The molecule has 1 aliphatic heterocycles. The van der Waals surface area contributed by atoms with Crippen molar-refractivity contribution in [3.8, 4) is 5.88 Å². The van der Waals surface area contributed by atoms with E-state index in [1.807, 2.05) is 12.1 Å². The van der Waals surface area contributed by atoms with E-state index < -0.39 is 6.10 Å². The lowest BCUT2D eigenvalue weighted by Gasteiger charge is -2.35. The van der Waals surface area contributed by atoms with E-state index in [0.29, 0.717) is 35.8 Å². The third-order valence-corrected chi connectivity index (χ3v) is 6.36. The zero-order chi connectivity index (χ0) is 23.7. The van der Waals surface area contributed by atoms with Crippen LogP contribution in [0.3, 0.4) is 0 Å². The zero-order valence-electron chi connectivity index (χ0n) is 19.1. The van der Waals surface area contributed by atoms with E-state index in [-0.39, 0.29) is 29.8 Å². The minimum Gasteiger partial charge on any atom is -0.464 e. The van der Waals surface area contributed by atoms with Gasteiger partial charge in [-0.15, -0.1) is 0 Å². The number of rotatable bonds is 7. The van der Waals surface area contributed by atoms with Crippen LogP contribution in [0.1, 0.15) is 36.0 Å². The Bertz CT molecular complexity index is 1200. The third kappa shape index (κ3) is 4.03. The molecule has 0 aromatic carbocycles. The van der Waals surface area contributed by atoms with E-state index in [1.54, 1.807) is 41.9 Å². The second-order valence-corrected chi connectivity index (χ2v) is 8.38. The molecule has 3 atom stereocenters. The van der Waals surface area contributed by atoms with Crippen LogP contribution in [0.4, 0.5) is 11.6 Å². The second kappa shape index (κ2) is 9.26. The van der Waals surface area contributed by atoms with Crippen LogP contribution in [0.25, 0.3) is 5.65 Å². The smallest absolute Gasteiger partial charge is 0.269 e. The van der Waals surface area contributed by atoms with Crippen molar-refractivity contribution >= 4 is 29.1 Å². The van der Waals surface area contributed by atoms with Crippen molar-refractivity contribution in [2.24, 2.45) is 0 Å². The molecule has 3 aromatic rings. The molecule has 5 rings (SSSR count). The molecule has 2 fully saturated rings. The molecule has 2 amide bonds. The molecule has 1 aliphatic carbocycles. The molecule has 0 spiro atoms. The molecule has 0 bridgehead atoms. The first-order valence-electron chi connectivity index (χ1n) is 11.4. The van der Waals surface area contributed by atoms with Gasteiger partial charge in [-0.2, -0.15) is 14.6 Å². The van der Waals surface area contributed by atoms with Gasteiger partial charge in [0.25, 0.3) is 11.8 Å². The highest BCUT2D eigenvalue weighted by atomic mass is 16.5. The summed E-state index contributed by atoms with van der Waals surface area (Å²) in [6, 6.07) is 7.09. The summed E-state index contributed by atoms with van der Waals surface area (Å²) in [5, 5.41) is 10.4. The molecule has 34 heavy (non-hydrogen) atoms. The number of pyridine rings is 1. The van der Waals surface area contributed by atoms with Gasteiger partial charge >= 0.3 is 0 Å². The number of piperidine rings is 1. The van der Waals surface area contributed by atoms with Gasteiger partial charge in [0.2, 0.25) is 5.88 Å². The molecule has 11 nitrogen and oxygen atoms in total. The molecule has 0 radical (unpaired) electrons. The van der Waals surface area contributed by atoms with E-state index in [2.05, 4.69) is 25.7 Å². The number of hydrogen-bond acceptors (Lipinski definition) is 8. The fraction of sp³-hybridized carbons (Fsp3) is 0.435. The molecule has 2 aliphatic rings. The van der Waals surface area contributed by atoms with Crippen LogP contribution in [0, 0.1) is 0 Å². The largest absolute Gasteiger partial charge is 0.464 e. The maximum absolute atomic E-state index is 13.1. The number of anilines is 2. The molecular formula is C23H27N7O4. The molecule has 2 N–H and O–H groups in total. The topological polar surface area (TPSA) is 123 Å². The molecule has 1 saturated carbocycles. The van der Waals surface area contributed by atoms with Crippen molar-refractivity contribution < 1.29 is 19.1 Å². The predicted octanol–water partition coefficient (Wildman–Crippen LogP) is 1.65. The fourth-order valence-electron chi connectivity index (χ4n) is 4.34. The number of amides is 2. The maximum Gasteiger partial charge on any atom is 0.269 e. The maximum atomic E-state index is 13.1. The van der Waals surface area contributed by atoms with Gasteiger partial charge < -0.3 is 20.1 Å². The van der Waals surface area contributed by atoms with Crippen LogP contribution in [0.2, 0.25) is 0 Å². The molecule has 11 heteroatoms. The number of fused-ring (bicyclic) bond motifs is 1. The Kier molecular flexibility index (Phi) is 6.01. The summed E-state index contributed by atoms with van der Waals surface area (Å²) < 4.78 is 13.0. The number of nitrogens with zero attached hydrogens (tertiary/aromatic N) is 5. The summed E-state index contributed by atoms with van der Waals surface area (Å²) in [4.78, 5) is 36.5. The van der Waals surface area contributed by atoms with E-state index in [1.165, 1.54) is 6.20 Å². The number of nitrogens with one attached hydrogen (secondary N) is 2. The Morgan fingerprint density at radius 1 is 1.24 bits per heavy atom. The SMILES string of the molecule is CNc1cc(O[C@@H]2CCCN(c3ccccn3)C2=O)nc2c(C(=O)N[C@@H]3CC[C@H]3OC)cnn12. The van der Waals surface area contributed by atoms with Crippen LogP contribution in [0.15, 0.2) is 36.7 Å². The van der Waals surface area contributed by atoms with Gasteiger partial charge in [-0.05, 0) is 37.8 Å². The standard InChI is InChI=1S/C23H27N7O4/c1-24-19-12-20(34-17-6-5-11-29(23(17)32)18-7-3-4-10-25-18)28-21-14(13-26-30(19)21)22(31)27-15-8-9-16(15)33-2/h3-4,7,10,12-13,15-17,24H,5-6,8-9,11H2,1-2H3,(H,27,31)/t15-,16-,17-/m1/s1. The van der Waals surface area contributed by atoms with Crippen molar-refractivity contribution in [1.82, 2.24) is 24.9 Å². The predicted molar refractivity (Wildman–Crippen MR) is 124 cm³/mol. The molecule has 0 unspecified atom stereocenters. The van der Waals surface area contributed by atoms with Crippen LogP contribution < -0.4 is 20.3 Å². The Balaban J connectivity index is 1.39. The van der Waals surface area contributed by atoms with Crippen LogP contribution in [0.5, 0.6) is 5.88 Å². The summed E-state index contributed by atoms with van der Waals surface area (Å²) in [5.74, 6) is 0.983. The van der Waals surface area contributed by atoms with E-state index in [0.717, 1.165) is 19.3 Å². The second-order valence-electron chi connectivity index (χ2n) is 8.38. The monoisotopic (exact) mass is 465 g/mol. The minimum atomic E-state index is -0.701. The number of hydrogen-bond donors (Lipinski definition) is 2. The van der Waals surface area contributed by atoms with Crippen LogP contribution >= 0.6 is 0 Å². The van der Waals surface area contributed by atoms with Crippen LogP contribution in [-0.2, 0) is 9.53 Å². The quantitative estimate of drug-likeness (QED) is 0.540. The normalized spacial score (nSPS) is 22.4. The summed E-state index contributed by atoms with van der Waals surface area (Å²) in [6.45, 7) is 0.584. The van der Waals surface area contributed by atoms with Gasteiger partial charge in [-0.1, -0.05) is 6.07 Å². The zero-order valence-corrected chi connectivity index (χ0v) is 19.1. The number of carbonyl (C=O) groups excluding carboxylic acids is 2. The van der Waals surface area contributed by atoms with Gasteiger partial charge in [-0.25, -0.2) is 4.98 Å². The Labute approximate surface area is 196 Å². The first-order valence-corrected chi connectivity index (χ1v) is 11.4. The highest BCUT2D eigenvalue weighted by Gasteiger charge is 2.34. The summed E-state index contributed by atoms with van der Waals surface area (Å²) in [6.07, 6.45) is 5.58. The van der Waals surface area contributed by atoms with Crippen molar-refractivity contribution in [3.05, 3.63) is 42.2 Å². The number of methoxy groups -OCH3 is 1. The average Bonchev–Trinajstić information content (AvgIpc) is 3.27. The molecule has 1 saturated heterocycles. The van der Waals surface area contributed by atoms with E-state index in [4.69, 9.17) is 9.47 Å². The van der Waals surface area contributed by atoms with Crippen molar-refractivity contribution in [2.75, 3.05) is 30.9 Å².